The van der Waals surface area contributed by atoms with Crippen LogP contribution >= 0.6 is 0 Å². The molecule has 2 heterocycles. The minimum atomic E-state index is -3.75. The Hall–Kier alpha value is -4.72. The summed E-state index contributed by atoms with van der Waals surface area (Å²) >= 11 is 0. The number of hydrogen-bond donors (Lipinski definition) is 2. The van der Waals surface area contributed by atoms with Gasteiger partial charge in [-0.3, -0.25) is 14.4 Å². The Balaban J connectivity index is 1.57. The van der Waals surface area contributed by atoms with E-state index in [1.54, 1.807) is 53.4 Å². The zero-order valence-electron chi connectivity index (χ0n) is 28.0. The first-order valence-corrected chi connectivity index (χ1v) is 17.9. The lowest BCUT2D eigenvalue weighted by molar-refractivity contribution is -0.132. The van der Waals surface area contributed by atoms with Gasteiger partial charge >= 0.3 is 0 Å². The number of amides is 3. The molecule has 2 aliphatic rings. The number of nitrogens with zero attached hydrogens (tertiary/aromatic N) is 4. The molecule has 0 bridgehead atoms. The average Bonchev–Trinajstić information content (AvgIpc) is 3.16. The standard InChI is InChI=1S/C36H44N6O6S/c1-37-33(44)26-48-31-15-9-11-28(23-31)24-41(27-43)35(36(45)40-21-18-38-19-22-40)34(29-12-5-3-6-13-29)39(2)30-14-10-20-42(25-30)49(46,47)32-16-7-4-8-17-32/h3-9,11-13,15-17,23,27,30,38H,10,14,18-22,24-26H2,1-2H3,(H,37,44)/b35-34-. The van der Waals surface area contributed by atoms with Crippen LogP contribution in [0.1, 0.15) is 24.0 Å². The van der Waals surface area contributed by atoms with Crippen molar-refractivity contribution in [1.29, 1.82) is 0 Å². The maximum absolute atomic E-state index is 14.6. The number of nitrogens with one attached hydrogen (secondary N) is 2. The third kappa shape index (κ3) is 8.66. The van der Waals surface area contributed by atoms with Gasteiger partial charge in [-0.1, -0.05) is 60.7 Å². The first kappa shape index (κ1) is 35.6. The molecule has 0 saturated carbocycles. The van der Waals surface area contributed by atoms with Gasteiger partial charge in [-0.25, -0.2) is 8.42 Å². The summed E-state index contributed by atoms with van der Waals surface area (Å²) in [5, 5.41) is 5.80. The molecule has 2 saturated heterocycles. The van der Waals surface area contributed by atoms with Crippen molar-refractivity contribution >= 4 is 33.9 Å². The predicted molar refractivity (Wildman–Crippen MR) is 186 cm³/mol. The molecule has 3 amide bonds. The van der Waals surface area contributed by atoms with Crippen molar-refractivity contribution in [3.05, 3.63) is 102 Å². The number of piperidine rings is 1. The Morgan fingerprint density at radius 1 is 0.980 bits per heavy atom. The van der Waals surface area contributed by atoms with Gasteiger partial charge in [0.2, 0.25) is 16.4 Å². The number of ether oxygens (including phenoxy) is 1. The third-order valence-electron chi connectivity index (χ3n) is 8.83. The van der Waals surface area contributed by atoms with Crippen LogP contribution in [0, 0.1) is 0 Å². The molecule has 49 heavy (non-hydrogen) atoms. The predicted octanol–water partition coefficient (Wildman–Crippen LogP) is 2.36. The van der Waals surface area contributed by atoms with Crippen molar-refractivity contribution in [2.75, 3.05) is 60.0 Å². The minimum absolute atomic E-state index is 0.0528. The molecule has 3 aromatic rings. The number of hydrogen-bond acceptors (Lipinski definition) is 8. The summed E-state index contributed by atoms with van der Waals surface area (Å²) < 4.78 is 34.5. The lowest BCUT2D eigenvalue weighted by atomic mass is 10.0. The Labute approximate surface area is 288 Å². The molecule has 0 spiro atoms. The monoisotopic (exact) mass is 688 g/mol. The second kappa shape index (κ2) is 16.6. The van der Waals surface area contributed by atoms with Gasteiger partial charge in [0.05, 0.1) is 17.1 Å². The van der Waals surface area contributed by atoms with E-state index >= 15 is 0 Å². The Bertz CT molecular complexity index is 1730. The molecule has 0 radical (unpaired) electrons. The Kier molecular flexibility index (Phi) is 12.1. The van der Waals surface area contributed by atoms with Gasteiger partial charge in [0.1, 0.15) is 11.4 Å². The number of sulfonamides is 1. The van der Waals surface area contributed by atoms with E-state index in [2.05, 4.69) is 10.6 Å². The van der Waals surface area contributed by atoms with Crippen LogP contribution in [0.5, 0.6) is 5.75 Å². The first-order valence-electron chi connectivity index (χ1n) is 16.4. The lowest BCUT2D eigenvalue weighted by Crippen LogP contribution is -2.51. The van der Waals surface area contributed by atoms with E-state index in [4.69, 9.17) is 4.74 Å². The molecular weight excluding hydrogens is 644 g/mol. The van der Waals surface area contributed by atoms with Gasteiger partial charge in [-0.05, 0) is 42.7 Å². The van der Waals surface area contributed by atoms with Gasteiger partial charge in [-0.15, -0.1) is 0 Å². The van der Waals surface area contributed by atoms with Gasteiger partial charge in [-0.2, -0.15) is 4.31 Å². The second-order valence-electron chi connectivity index (χ2n) is 12.0. The summed E-state index contributed by atoms with van der Waals surface area (Å²) in [5.74, 6) is -0.121. The molecule has 5 rings (SSSR count). The molecule has 2 fully saturated rings. The molecule has 0 aliphatic carbocycles. The molecule has 1 atom stereocenters. The fourth-order valence-corrected chi connectivity index (χ4v) is 7.72. The quantitative estimate of drug-likeness (QED) is 0.207. The highest BCUT2D eigenvalue weighted by Gasteiger charge is 2.36. The number of piperazine rings is 1. The number of likely N-dealkylation sites (N-methyl/N-ethyl adjacent to an activating group) is 2. The zero-order chi connectivity index (χ0) is 34.8. The minimum Gasteiger partial charge on any atom is -0.484 e. The third-order valence-corrected chi connectivity index (χ3v) is 10.7. The van der Waals surface area contributed by atoms with Crippen LogP contribution < -0.4 is 15.4 Å². The van der Waals surface area contributed by atoms with Gasteiger partial charge < -0.3 is 30.1 Å². The molecule has 1 unspecified atom stereocenters. The van der Waals surface area contributed by atoms with Crippen LogP contribution in [-0.4, -0.2) is 112 Å². The van der Waals surface area contributed by atoms with Crippen LogP contribution in [-0.2, 0) is 31.0 Å². The zero-order valence-corrected chi connectivity index (χ0v) is 28.8. The first-order chi connectivity index (χ1) is 23.7. The van der Waals surface area contributed by atoms with Crippen molar-refractivity contribution in [2.45, 2.75) is 30.3 Å². The van der Waals surface area contributed by atoms with E-state index in [1.807, 2.05) is 48.3 Å². The van der Waals surface area contributed by atoms with E-state index in [9.17, 15) is 22.8 Å². The highest BCUT2D eigenvalue weighted by atomic mass is 32.2. The van der Waals surface area contributed by atoms with E-state index in [0.29, 0.717) is 69.0 Å². The van der Waals surface area contributed by atoms with Crippen molar-refractivity contribution in [3.8, 4) is 5.75 Å². The highest BCUT2D eigenvalue weighted by molar-refractivity contribution is 7.89. The van der Waals surface area contributed by atoms with Crippen molar-refractivity contribution in [2.24, 2.45) is 0 Å². The van der Waals surface area contributed by atoms with Crippen molar-refractivity contribution in [3.63, 3.8) is 0 Å². The molecule has 2 N–H and O–H groups in total. The van der Waals surface area contributed by atoms with Crippen LogP contribution in [0.2, 0.25) is 0 Å². The molecule has 13 heteroatoms. The summed E-state index contributed by atoms with van der Waals surface area (Å²) in [5.41, 5.74) is 2.15. The second-order valence-corrected chi connectivity index (χ2v) is 14.0. The fourth-order valence-electron chi connectivity index (χ4n) is 6.18. The maximum atomic E-state index is 14.6. The summed E-state index contributed by atoms with van der Waals surface area (Å²) in [4.78, 5) is 44.8. The van der Waals surface area contributed by atoms with Gasteiger partial charge in [0.15, 0.2) is 6.61 Å². The fraction of sp³-hybridized carbons (Fsp3) is 0.361. The van der Waals surface area contributed by atoms with Crippen LogP contribution in [0.25, 0.3) is 5.70 Å². The average molecular weight is 689 g/mol. The molecule has 260 valence electrons. The van der Waals surface area contributed by atoms with Crippen molar-refractivity contribution in [1.82, 2.24) is 29.6 Å². The Morgan fingerprint density at radius 2 is 1.67 bits per heavy atom. The SMILES string of the molecule is CNC(=O)COc1cccc(CN(C=O)/C(C(=O)N2CCNCC2)=C(/c2ccccc2)N(C)C2CCCN(S(=O)(=O)c3ccccc3)C2)c1. The largest absolute Gasteiger partial charge is 0.484 e. The molecule has 2 aliphatic heterocycles. The van der Waals surface area contributed by atoms with Gasteiger partial charge in [0, 0.05) is 65.0 Å². The van der Waals surface area contributed by atoms with Crippen LogP contribution in [0.4, 0.5) is 0 Å². The Morgan fingerprint density at radius 3 is 2.35 bits per heavy atom. The van der Waals surface area contributed by atoms with Gasteiger partial charge in [0.25, 0.3) is 11.8 Å². The number of carbonyl (C=O) groups is 3. The number of benzene rings is 3. The molecular formula is C36H44N6O6S. The van der Waals surface area contributed by atoms with Crippen molar-refractivity contribution < 1.29 is 27.5 Å². The summed E-state index contributed by atoms with van der Waals surface area (Å²) in [6.07, 6.45) is 1.98. The van der Waals surface area contributed by atoms with Crippen LogP contribution in [0.3, 0.4) is 0 Å². The van der Waals surface area contributed by atoms with Crippen LogP contribution in [0.15, 0.2) is 95.5 Å². The maximum Gasteiger partial charge on any atom is 0.272 e. The summed E-state index contributed by atoms with van der Waals surface area (Å²) in [6, 6.07) is 24.6. The molecule has 3 aromatic carbocycles. The smallest absolute Gasteiger partial charge is 0.272 e. The summed E-state index contributed by atoms with van der Waals surface area (Å²) in [7, 11) is -0.348. The molecule has 12 nitrogen and oxygen atoms in total. The molecule has 0 aromatic heterocycles. The van der Waals surface area contributed by atoms with E-state index < -0.39 is 10.0 Å². The van der Waals surface area contributed by atoms with E-state index in [1.165, 1.54) is 16.3 Å². The summed E-state index contributed by atoms with van der Waals surface area (Å²) in [6.45, 7) is 2.67. The van der Waals surface area contributed by atoms with E-state index in [0.717, 1.165) is 5.56 Å². The number of carbonyl (C=O) groups excluding carboxylic acids is 3. The lowest BCUT2D eigenvalue weighted by Gasteiger charge is -2.41. The van der Waals surface area contributed by atoms with E-state index in [-0.39, 0.29) is 48.1 Å². The highest BCUT2D eigenvalue weighted by Crippen LogP contribution is 2.32. The normalized spacial score (nSPS) is 17.4. The number of rotatable bonds is 13. The topological polar surface area (TPSA) is 132 Å².